The van der Waals surface area contributed by atoms with Crippen molar-refractivity contribution in [2.45, 2.75) is 95.7 Å². The number of hydrogen-bond acceptors (Lipinski definition) is 3. The lowest BCUT2D eigenvalue weighted by Crippen LogP contribution is -2.35. The highest BCUT2D eigenvalue weighted by molar-refractivity contribution is 5.76. The predicted molar refractivity (Wildman–Crippen MR) is 120 cm³/mol. The summed E-state index contributed by atoms with van der Waals surface area (Å²) in [6.45, 7) is 1.91. The lowest BCUT2D eigenvalue weighted by Gasteiger charge is -2.26. The molecule has 1 heterocycles. The van der Waals surface area contributed by atoms with Crippen molar-refractivity contribution in [2.75, 3.05) is 13.1 Å². The minimum atomic E-state index is -0.340. The molecule has 168 valence electrons. The number of rotatable bonds is 7. The van der Waals surface area contributed by atoms with E-state index in [1.54, 1.807) is 0 Å². The third-order valence-electron chi connectivity index (χ3n) is 8.26. The molecule has 1 amide bonds. The second kappa shape index (κ2) is 10.5. The van der Waals surface area contributed by atoms with Crippen LogP contribution in [0.3, 0.4) is 0 Å². The van der Waals surface area contributed by atoms with Crippen LogP contribution in [0.1, 0.15) is 83.5 Å². The SMILES string of the molecule is O=C(CCC/C=C1\C[C@H]2C[C@@H](O)[C@H](/C=C/[C@@H](O)C3CCCC3)[C@H]2C1)N1CCCCC1. The van der Waals surface area contributed by atoms with E-state index in [2.05, 4.69) is 17.1 Å². The maximum atomic E-state index is 12.3. The van der Waals surface area contributed by atoms with E-state index in [4.69, 9.17) is 0 Å². The number of likely N-dealkylation sites (tertiary alicyclic amines) is 1. The van der Waals surface area contributed by atoms with Crippen molar-refractivity contribution in [3.63, 3.8) is 0 Å². The first-order chi connectivity index (χ1) is 14.6. The summed E-state index contributed by atoms with van der Waals surface area (Å²) in [5.41, 5.74) is 1.53. The lowest BCUT2D eigenvalue weighted by molar-refractivity contribution is -0.132. The number of fused-ring (bicyclic) bond motifs is 1. The minimum absolute atomic E-state index is 0.192. The molecule has 0 unspecified atom stereocenters. The Morgan fingerprint density at radius 2 is 1.87 bits per heavy atom. The highest BCUT2D eigenvalue weighted by Gasteiger charge is 2.45. The van der Waals surface area contributed by atoms with Crippen LogP contribution >= 0.6 is 0 Å². The molecule has 3 saturated carbocycles. The number of hydrogen-bond donors (Lipinski definition) is 2. The number of nitrogens with zero attached hydrogens (tertiary/aromatic N) is 1. The smallest absolute Gasteiger partial charge is 0.222 e. The van der Waals surface area contributed by atoms with Gasteiger partial charge in [0.15, 0.2) is 0 Å². The average Bonchev–Trinajstić information content (AvgIpc) is 3.47. The quantitative estimate of drug-likeness (QED) is 0.471. The zero-order chi connectivity index (χ0) is 20.9. The molecule has 0 aromatic carbocycles. The fourth-order valence-electron chi connectivity index (χ4n) is 6.50. The molecule has 5 atom stereocenters. The van der Waals surface area contributed by atoms with Gasteiger partial charge >= 0.3 is 0 Å². The number of carbonyl (C=O) groups excluding carboxylic acids is 1. The van der Waals surface area contributed by atoms with Crippen LogP contribution in [0.25, 0.3) is 0 Å². The summed E-state index contributed by atoms with van der Waals surface area (Å²) >= 11 is 0. The molecule has 4 heteroatoms. The number of allylic oxidation sites excluding steroid dienone is 2. The van der Waals surface area contributed by atoms with Gasteiger partial charge in [0.25, 0.3) is 0 Å². The van der Waals surface area contributed by atoms with Gasteiger partial charge in [-0.25, -0.2) is 0 Å². The second-order valence-corrected chi connectivity index (χ2v) is 10.3. The van der Waals surface area contributed by atoms with Gasteiger partial charge in [-0.15, -0.1) is 0 Å². The number of aliphatic hydroxyl groups excluding tert-OH is 2. The Labute approximate surface area is 182 Å². The van der Waals surface area contributed by atoms with Crippen LogP contribution in [0.4, 0.5) is 0 Å². The van der Waals surface area contributed by atoms with Crippen LogP contribution in [0.5, 0.6) is 0 Å². The monoisotopic (exact) mass is 415 g/mol. The number of piperidine rings is 1. The molecule has 4 aliphatic rings. The summed E-state index contributed by atoms with van der Waals surface area (Å²) < 4.78 is 0. The van der Waals surface area contributed by atoms with Crippen molar-refractivity contribution in [3.05, 3.63) is 23.8 Å². The van der Waals surface area contributed by atoms with Gasteiger partial charge < -0.3 is 15.1 Å². The normalized spacial score (nSPS) is 34.9. The molecule has 1 aliphatic heterocycles. The van der Waals surface area contributed by atoms with Crippen molar-refractivity contribution in [2.24, 2.45) is 23.7 Å². The molecule has 4 rings (SSSR count). The Balaban J connectivity index is 1.22. The van der Waals surface area contributed by atoms with Gasteiger partial charge in [-0.3, -0.25) is 4.79 Å². The van der Waals surface area contributed by atoms with E-state index < -0.39 is 0 Å². The fraction of sp³-hybridized carbons (Fsp3) is 0.808. The summed E-state index contributed by atoms with van der Waals surface area (Å²) in [6.07, 6.45) is 20.0. The molecule has 1 saturated heterocycles. The Kier molecular flexibility index (Phi) is 7.69. The lowest BCUT2D eigenvalue weighted by atomic mass is 9.89. The van der Waals surface area contributed by atoms with Gasteiger partial charge in [0.2, 0.25) is 5.91 Å². The van der Waals surface area contributed by atoms with Crippen LogP contribution < -0.4 is 0 Å². The minimum Gasteiger partial charge on any atom is -0.392 e. The molecule has 0 bridgehead atoms. The first-order valence-corrected chi connectivity index (χ1v) is 12.6. The predicted octanol–water partition coefficient (Wildman–Crippen LogP) is 4.61. The largest absolute Gasteiger partial charge is 0.392 e. The summed E-state index contributed by atoms with van der Waals surface area (Å²) in [7, 11) is 0. The number of unbranched alkanes of at least 4 members (excludes halogenated alkanes) is 1. The van der Waals surface area contributed by atoms with Gasteiger partial charge in [-0.2, -0.15) is 0 Å². The number of carbonyl (C=O) groups is 1. The van der Waals surface area contributed by atoms with E-state index >= 15 is 0 Å². The van der Waals surface area contributed by atoms with E-state index in [9.17, 15) is 15.0 Å². The van der Waals surface area contributed by atoms with Crippen molar-refractivity contribution < 1.29 is 15.0 Å². The van der Waals surface area contributed by atoms with E-state index in [1.165, 1.54) is 24.8 Å². The molecule has 4 nitrogen and oxygen atoms in total. The summed E-state index contributed by atoms with van der Waals surface area (Å²) in [5, 5.41) is 21.0. The molecule has 30 heavy (non-hydrogen) atoms. The Morgan fingerprint density at radius 1 is 1.10 bits per heavy atom. The maximum absolute atomic E-state index is 12.3. The highest BCUT2D eigenvalue weighted by Crippen LogP contribution is 2.50. The summed E-state index contributed by atoms with van der Waals surface area (Å²) in [5.74, 6) is 2.05. The first kappa shape index (κ1) is 22.1. The second-order valence-electron chi connectivity index (χ2n) is 10.3. The zero-order valence-electron chi connectivity index (χ0n) is 18.6. The standard InChI is InChI=1S/C26H41NO3/c28-24(20-9-3-4-10-20)13-12-22-23-17-19(16-21(23)18-25(22)29)8-2-5-11-26(30)27-14-6-1-7-15-27/h8,12-13,20-25,28-29H,1-7,9-11,14-18H2/b13-12+,19-8+/t21-,22+,23-,24+,25+/m0/s1. The molecule has 0 aromatic rings. The van der Waals surface area contributed by atoms with Gasteiger partial charge in [0.05, 0.1) is 12.2 Å². The maximum Gasteiger partial charge on any atom is 0.222 e. The topological polar surface area (TPSA) is 60.8 Å². The van der Waals surface area contributed by atoms with Crippen molar-refractivity contribution in [1.29, 1.82) is 0 Å². The number of aliphatic hydroxyl groups is 2. The van der Waals surface area contributed by atoms with Gasteiger partial charge in [-0.1, -0.05) is 36.6 Å². The molecule has 3 aliphatic carbocycles. The molecule has 0 radical (unpaired) electrons. The van der Waals surface area contributed by atoms with Crippen molar-refractivity contribution >= 4 is 5.91 Å². The van der Waals surface area contributed by atoms with Crippen LogP contribution in [0.2, 0.25) is 0 Å². The summed E-state index contributed by atoms with van der Waals surface area (Å²) in [6, 6.07) is 0. The molecule has 4 fully saturated rings. The highest BCUT2D eigenvalue weighted by atomic mass is 16.3. The van der Waals surface area contributed by atoms with Crippen LogP contribution in [-0.2, 0) is 4.79 Å². The molecular weight excluding hydrogens is 374 g/mol. The first-order valence-electron chi connectivity index (χ1n) is 12.6. The molecule has 0 aromatic heterocycles. The summed E-state index contributed by atoms with van der Waals surface area (Å²) in [4.78, 5) is 14.4. The van der Waals surface area contributed by atoms with Crippen LogP contribution in [0, 0.1) is 23.7 Å². The third-order valence-corrected chi connectivity index (χ3v) is 8.26. The molecular formula is C26H41NO3. The van der Waals surface area contributed by atoms with E-state index in [1.807, 2.05) is 6.08 Å². The van der Waals surface area contributed by atoms with Crippen molar-refractivity contribution in [1.82, 2.24) is 4.90 Å². The fourth-order valence-corrected chi connectivity index (χ4v) is 6.50. The van der Waals surface area contributed by atoms with Crippen LogP contribution in [0.15, 0.2) is 23.8 Å². The average molecular weight is 416 g/mol. The Morgan fingerprint density at radius 3 is 2.63 bits per heavy atom. The Hall–Kier alpha value is -1.13. The van der Waals surface area contributed by atoms with E-state index in [0.717, 1.165) is 70.9 Å². The van der Waals surface area contributed by atoms with Crippen molar-refractivity contribution in [3.8, 4) is 0 Å². The molecule has 0 spiro atoms. The van der Waals surface area contributed by atoms with E-state index in [-0.39, 0.29) is 18.1 Å². The Bertz CT molecular complexity index is 630. The number of amides is 1. The van der Waals surface area contributed by atoms with Crippen LogP contribution in [-0.4, -0.2) is 46.3 Å². The van der Waals surface area contributed by atoms with E-state index in [0.29, 0.717) is 30.1 Å². The molecule has 2 N–H and O–H groups in total. The van der Waals surface area contributed by atoms with Gasteiger partial charge in [0.1, 0.15) is 0 Å². The third kappa shape index (κ3) is 5.37. The zero-order valence-corrected chi connectivity index (χ0v) is 18.6. The van der Waals surface area contributed by atoms with Gasteiger partial charge in [0, 0.05) is 25.4 Å². The van der Waals surface area contributed by atoms with Gasteiger partial charge in [-0.05, 0) is 82.0 Å².